The Morgan fingerprint density at radius 2 is 1.71 bits per heavy atom. The van der Waals surface area contributed by atoms with Crippen LogP contribution >= 0.6 is 0 Å². The number of rotatable bonds is 3. The highest BCUT2D eigenvalue weighted by Crippen LogP contribution is 2.34. The van der Waals surface area contributed by atoms with Gasteiger partial charge in [-0.1, -0.05) is 37.3 Å². The van der Waals surface area contributed by atoms with E-state index >= 15 is 0 Å². The standard InChI is InChI=1S/C15H19NO3.C6H12N2O/c1-2-14(17)16-9-8-12(15(18)19)10-13(16)11-6-4-3-5-7-11;7-6(9)8-4-2-1-3-5-8/h3-7,12-13H,2,8-10H2,1H3,(H,18,19);1-5H2,(H2,7,9). The number of amides is 3. The van der Waals surface area contributed by atoms with Crippen molar-refractivity contribution < 1.29 is 19.5 Å². The number of hydrogen-bond acceptors (Lipinski definition) is 3. The lowest BCUT2D eigenvalue weighted by Gasteiger charge is -2.38. The number of carboxylic acids is 1. The van der Waals surface area contributed by atoms with Gasteiger partial charge in [-0.05, 0) is 37.7 Å². The van der Waals surface area contributed by atoms with E-state index < -0.39 is 5.97 Å². The van der Waals surface area contributed by atoms with Crippen LogP contribution in [0.15, 0.2) is 30.3 Å². The molecule has 2 heterocycles. The van der Waals surface area contributed by atoms with E-state index in [2.05, 4.69) is 0 Å². The fourth-order valence-corrected chi connectivity index (χ4v) is 3.80. The number of nitrogens with zero attached hydrogens (tertiary/aromatic N) is 2. The van der Waals surface area contributed by atoms with Gasteiger partial charge in [-0.15, -0.1) is 0 Å². The molecule has 0 aromatic heterocycles. The highest BCUT2D eigenvalue weighted by molar-refractivity contribution is 5.77. The fraction of sp³-hybridized carbons (Fsp3) is 0.571. The Kier molecular flexibility index (Phi) is 8.29. The van der Waals surface area contributed by atoms with Crippen LogP contribution < -0.4 is 5.73 Å². The van der Waals surface area contributed by atoms with Gasteiger partial charge in [0, 0.05) is 26.1 Å². The molecule has 2 aliphatic heterocycles. The molecule has 1 aromatic carbocycles. The summed E-state index contributed by atoms with van der Waals surface area (Å²) in [4.78, 5) is 37.2. The van der Waals surface area contributed by atoms with Gasteiger partial charge in [0.15, 0.2) is 0 Å². The van der Waals surface area contributed by atoms with Crippen molar-refractivity contribution >= 4 is 17.9 Å². The van der Waals surface area contributed by atoms with Crippen molar-refractivity contribution in [2.75, 3.05) is 19.6 Å². The Bertz CT molecular complexity index is 659. The van der Waals surface area contributed by atoms with Gasteiger partial charge in [0.1, 0.15) is 0 Å². The van der Waals surface area contributed by atoms with Crippen LogP contribution in [0.3, 0.4) is 0 Å². The van der Waals surface area contributed by atoms with Gasteiger partial charge in [-0.2, -0.15) is 0 Å². The van der Waals surface area contributed by atoms with Gasteiger partial charge in [0.2, 0.25) is 5.91 Å². The van der Waals surface area contributed by atoms with Gasteiger partial charge < -0.3 is 20.6 Å². The van der Waals surface area contributed by atoms with Crippen LogP contribution in [0.2, 0.25) is 0 Å². The first-order chi connectivity index (χ1) is 13.4. The molecule has 3 rings (SSSR count). The van der Waals surface area contributed by atoms with Crippen LogP contribution in [-0.2, 0) is 9.59 Å². The molecule has 2 atom stereocenters. The molecule has 0 spiro atoms. The summed E-state index contributed by atoms with van der Waals surface area (Å²) >= 11 is 0. The number of nitrogens with two attached hydrogens (primary N) is 1. The third kappa shape index (κ3) is 5.97. The molecule has 1 aromatic rings. The van der Waals surface area contributed by atoms with Crippen molar-refractivity contribution in [3.05, 3.63) is 35.9 Å². The van der Waals surface area contributed by atoms with Crippen LogP contribution in [0, 0.1) is 5.92 Å². The number of piperidine rings is 2. The molecule has 7 nitrogen and oxygen atoms in total. The van der Waals surface area contributed by atoms with E-state index in [1.807, 2.05) is 42.2 Å². The van der Waals surface area contributed by atoms with Gasteiger partial charge in [-0.3, -0.25) is 9.59 Å². The lowest BCUT2D eigenvalue weighted by atomic mass is 9.87. The Labute approximate surface area is 166 Å². The smallest absolute Gasteiger partial charge is 0.314 e. The van der Waals surface area contributed by atoms with Crippen molar-refractivity contribution in [1.82, 2.24) is 9.80 Å². The van der Waals surface area contributed by atoms with Gasteiger partial charge in [0.25, 0.3) is 0 Å². The number of aliphatic carboxylic acids is 1. The van der Waals surface area contributed by atoms with Gasteiger partial charge >= 0.3 is 12.0 Å². The first kappa shape index (κ1) is 21.7. The summed E-state index contributed by atoms with van der Waals surface area (Å²) in [6.07, 6.45) is 4.98. The molecule has 0 bridgehead atoms. The van der Waals surface area contributed by atoms with E-state index in [9.17, 15) is 19.5 Å². The predicted octanol–water partition coefficient (Wildman–Crippen LogP) is 3.01. The summed E-state index contributed by atoms with van der Waals surface area (Å²) in [5.41, 5.74) is 6.08. The average molecular weight is 389 g/mol. The van der Waals surface area contributed by atoms with Gasteiger partial charge in [-0.25, -0.2) is 4.79 Å². The lowest BCUT2D eigenvalue weighted by Crippen LogP contribution is -2.42. The predicted molar refractivity (Wildman–Crippen MR) is 107 cm³/mol. The second kappa shape index (κ2) is 10.7. The first-order valence-corrected chi connectivity index (χ1v) is 10.1. The van der Waals surface area contributed by atoms with Crippen LogP contribution in [-0.4, -0.2) is 52.4 Å². The number of hydrogen-bond donors (Lipinski definition) is 2. The van der Waals surface area contributed by atoms with Crippen molar-refractivity contribution in [1.29, 1.82) is 0 Å². The zero-order valence-electron chi connectivity index (χ0n) is 16.5. The molecule has 2 fully saturated rings. The third-order valence-corrected chi connectivity index (χ3v) is 5.43. The molecule has 2 saturated heterocycles. The van der Waals surface area contributed by atoms with E-state index in [-0.39, 0.29) is 23.9 Å². The number of likely N-dealkylation sites (tertiary alicyclic amines) is 2. The first-order valence-electron chi connectivity index (χ1n) is 10.1. The molecule has 0 saturated carbocycles. The lowest BCUT2D eigenvalue weighted by molar-refractivity contribution is -0.147. The maximum absolute atomic E-state index is 12.0. The second-order valence-corrected chi connectivity index (χ2v) is 7.31. The molecule has 7 heteroatoms. The molecule has 28 heavy (non-hydrogen) atoms. The van der Waals surface area contributed by atoms with Gasteiger partial charge in [0.05, 0.1) is 12.0 Å². The maximum Gasteiger partial charge on any atom is 0.314 e. The fourth-order valence-electron chi connectivity index (χ4n) is 3.80. The minimum atomic E-state index is -0.760. The van der Waals surface area contributed by atoms with Crippen LogP contribution in [0.4, 0.5) is 4.79 Å². The second-order valence-electron chi connectivity index (χ2n) is 7.31. The zero-order chi connectivity index (χ0) is 20.5. The number of urea groups is 1. The van der Waals surface area contributed by atoms with Crippen LogP contribution in [0.1, 0.15) is 57.1 Å². The normalized spacial score (nSPS) is 22.0. The molecular formula is C21H31N3O4. The summed E-state index contributed by atoms with van der Waals surface area (Å²) in [6, 6.07) is 9.32. The molecule has 0 radical (unpaired) electrons. The van der Waals surface area contributed by atoms with Crippen molar-refractivity contribution in [2.24, 2.45) is 11.7 Å². The van der Waals surface area contributed by atoms with E-state index in [1.54, 1.807) is 4.90 Å². The van der Waals surface area contributed by atoms with Crippen molar-refractivity contribution in [3.8, 4) is 0 Å². The minimum Gasteiger partial charge on any atom is -0.481 e. The quantitative estimate of drug-likeness (QED) is 0.829. The molecule has 3 N–H and O–H groups in total. The summed E-state index contributed by atoms with van der Waals surface area (Å²) < 4.78 is 0. The Hall–Kier alpha value is -2.57. The monoisotopic (exact) mass is 389 g/mol. The highest BCUT2D eigenvalue weighted by atomic mass is 16.4. The van der Waals surface area contributed by atoms with Crippen molar-refractivity contribution in [2.45, 2.75) is 51.5 Å². The van der Waals surface area contributed by atoms with E-state index in [4.69, 9.17) is 5.73 Å². The SMILES string of the molecule is CCC(=O)N1CCC(C(=O)O)CC1c1ccccc1.NC(=O)N1CCCCC1. The Morgan fingerprint density at radius 3 is 2.21 bits per heavy atom. The molecule has 2 aliphatic rings. The summed E-state index contributed by atoms with van der Waals surface area (Å²) in [7, 11) is 0. The average Bonchev–Trinajstić information content (AvgIpc) is 2.74. The summed E-state index contributed by atoms with van der Waals surface area (Å²) in [5.74, 6) is -1.02. The highest BCUT2D eigenvalue weighted by Gasteiger charge is 2.34. The maximum atomic E-state index is 12.0. The van der Waals surface area contributed by atoms with E-state index in [1.165, 1.54) is 6.42 Å². The van der Waals surface area contributed by atoms with E-state index in [0.717, 1.165) is 31.5 Å². The Morgan fingerprint density at radius 1 is 1.07 bits per heavy atom. The molecule has 154 valence electrons. The molecule has 0 aliphatic carbocycles. The third-order valence-electron chi connectivity index (χ3n) is 5.43. The minimum absolute atomic E-state index is 0.0951. The Balaban J connectivity index is 0.000000261. The number of carboxylic acid groups (broad SMARTS) is 1. The zero-order valence-corrected chi connectivity index (χ0v) is 16.5. The largest absolute Gasteiger partial charge is 0.481 e. The molecule has 2 unspecified atom stereocenters. The molecular weight excluding hydrogens is 358 g/mol. The molecule has 3 amide bonds. The number of primary amides is 1. The van der Waals surface area contributed by atoms with Crippen LogP contribution in [0.5, 0.6) is 0 Å². The van der Waals surface area contributed by atoms with Crippen LogP contribution in [0.25, 0.3) is 0 Å². The van der Waals surface area contributed by atoms with Crippen molar-refractivity contribution in [3.63, 3.8) is 0 Å². The summed E-state index contributed by atoms with van der Waals surface area (Å²) in [6.45, 7) is 4.08. The topological polar surface area (TPSA) is 104 Å². The number of carbonyl (C=O) groups is 3. The number of carbonyl (C=O) groups excluding carboxylic acids is 2. The van der Waals surface area contributed by atoms with E-state index in [0.29, 0.717) is 25.8 Å². The summed E-state index contributed by atoms with van der Waals surface area (Å²) in [5, 5.41) is 9.18. The number of benzene rings is 1.